The lowest BCUT2D eigenvalue weighted by molar-refractivity contribution is -0.119. The van der Waals surface area contributed by atoms with Gasteiger partial charge >= 0.3 is 0 Å². The molecule has 8 heteroatoms. The molecule has 5 nitrogen and oxygen atoms in total. The molecule has 0 atom stereocenters. The van der Waals surface area contributed by atoms with Crippen LogP contribution in [0.15, 0.2) is 42.5 Å². The first kappa shape index (κ1) is 19.2. The van der Waals surface area contributed by atoms with Crippen LogP contribution in [-0.2, 0) is 9.59 Å². The molecule has 0 aliphatic carbocycles. The van der Waals surface area contributed by atoms with Crippen molar-refractivity contribution in [2.75, 3.05) is 30.8 Å². The quantitative estimate of drug-likeness (QED) is 0.800. The zero-order valence-corrected chi connectivity index (χ0v) is 14.9. The lowest BCUT2D eigenvalue weighted by Crippen LogP contribution is -2.36. The third kappa shape index (κ3) is 6.34. The highest BCUT2D eigenvalue weighted by molar-refractivity contribution is 6.42. The molecule has 0 aliphatic heterocycles. The van der Waals surface area contributed by atoms with Crippen molar-refractivity contribution in [1.82, 2.24) is 4.90 Å². The van der Waals surface area contributed by atoms with Gasteiger partial charge in [-0.15, -0.1) is 0 Å². The number of nitrogens with one attached hydrogen (secondary N) is 2. The zero-order valence-electron chi connectivity index (χ0n) is 13.4. The van der Waals surface area contributed by atoms with Gasteiger partial charge in [0.25, 0.3) is 0 Å². The lowest BCUT2D eigenvalue weighted by Gasteiger charge is -2.16. The largest absolute Gasteiger partial charge is 0.325 e. The van der Waals surface area contributed by atoms with E-state index < -0.39 is 5.82 Å². The monoisotopic (exact) mass is 383 g/mol. The zero-order chi connectivity index (χ0) is 18.4. The molecule has 0 radical (unpaired) electrons. The van der Waals surface area contributed by atoms with Gasteiger partial charge in [-0.1, -0.05) is 29.3 Å². The van der Waals surface area contributed by atoms with Crippen molar-refractivity contribution >= 4 is 46.4 Å². The van der Waals surface area contributed by atoms with E-state index in [1.165, 1.54) is 23.1 Å². The normalized spacial score (nSPS) is 10.6. The number of carbonyl (C=O) groups excluding carboxylic acids is 2. The molecule has 0 unspecified atom stereocenters. The summed E-state index contributed by atoms with van der Waals surface area (Å²) in [6, 6.07) is 10.3. The molecule has 2 N–H and O–H groups in total. The van der Waals surface area contributed by atoms with Crippen LogP contribution in [0.4, 0.5) is 15.8 Å². The fraction of sp³-hybridized carbons (Fsp3) is 0.176. The van der Waals surface area contributed by atoms with E-state index >= 15 is 0 Å². The van der Waals surface area contributed by atoms with E-state index in [0.717, 1.165) is 0 Å². The van der Waals surface area contributed by atoms with Gasteiger partial charge in [0.15, 0.2) is 0 Å². The number of amides is 2. The van der Waals surface area contributed by atoms with Gasteiger partial charge in [0.2, 0.25) is 11.8 Å². The summed E-state index contributed by atoms with van der Waals surface area (Å²) in [7, 11) is 1.62. The number of nitrogens with zero attached hydrogens (tertiary/aromatic N) is 1. The molecule has 0 aliphatic rings. The maximum atomic E-state index is 13.1. The van der Waals surface area contributed by atoms with Gasteiger partial charge in [-0.3, -0.25) is 14.5 Å². The Hall–Kier alpha value is -2.15. The molecule has 0 saturated carbocycles. The van der Waals surface area contributed by atoms with Crippen LogP contribution in [0.1, 0.15) is 0 Å². The summed E-state index contributed by atoms with van der Waals surface area (Å²) < 4.78 is 13.1. The number of rotatable bonds is 6. The van der Waals surface area contributed by atoms with Gasteiger partial charge in [-0.2, -0.15) is 0 Å². The number of benzene rings is 2. The average molecular weight is 384 g/mol. The highest BCUT2D eigenvalue weighted by Crippen LogP contribution is 2.24. The fourth-order valence-corrected chi connectivity index (χ4v) is 2.39. The predicted molar refractivity (Wildman–Crippen MR) is 97.6 cm³/mol. The maximum absolute atomic E-state index is 13.1. The minimum absolute atomic E-state index is 0.00316. The van der Waals surface area contributed by atoms with Crippen LogP contribution in [0.5, 0.6) is 0 Å². The van der Waals surface area contributed by atoms with Crippen LogP contribution in [-0.4, -0.2) is 36.9 Å². The SMILES string of the molecule is CN(CC(=O)Nc1cccc(F)c1)CC(=O)Nc1ccc(Cl)c(Cl)c1. The Bertz CT molecular complexity index is 786. The second kappa shape index (κ2) is 8.80. The fourth-order valence-electron chi connectivity index (χ4n) is 2.09. The Balaban J connectivity index is 1.82. The van der Waals surface area contributed by atoms with Gasteiger partial charge in [0, 0.05) is 11.4 Å². The lowest BCUT2D eigenvalue weighted by atomic mass is 10.3. The van der Waals surface area contributed by atoms with E-state index in [-0.39, 0.29) is 24.9 Å². The summed E-state index contributed by atoms with van der Waals surface area (Å²) in [5.41, 5.74) is 0.871. The standard InChI is InChI=1S/C17H16Cl2FN3O2/c1-23(9-16(24)21-12-4-2-3-11(20)7-12)10-17(25)22-13-5-6-14(18)15(19)8-13/h2-8H,9-10H2,1H3,(H,21,24)(H,22,25). The van der Waals surface area contributed by atoms with Crippen molar-refractivity contribution in [2.45, 2.75) is 0 Å². The van der Waals surface area contributed by atoms with Gasteiger partial charge in [-0.25, -0.2) is 4.39 Å². The highest BCUT2D eigenvalue weighted by Gasteiger charge is 2.12. The molecule has 0 saturated heterocycles. The van der Waals surface area contributed by atoms with E-state index in [0.29, 0.717) is 21.4 Å². The Kier molecular flexibility index (Phi) is 6.75. The molecule has 2 rings (SSSR count). The number of likely N-dealkylation sites (N-methyl/N-ethyl adjacent to an activating group) is 1. The molecule has 2 amide bonds. The maximum Gasteiger partial charge on any atom is 0.238 e. The number of hydrogen-bond donors (Lipinski definition) is 2. The molecular weight excluding hydrogens is 368 g/mol. The van der Waals surface area contributed by atoms with Crippen molar-refractivity contribution in [2.24, 2.45) is 0 Å². The van der Waals surface area contributed by atoms with Crippen LogP contribution in [0.3, 0.4) is 0 Å². The van der Waals surface area contributed by atoms with E-state index in [1.54, 1.807) is 31.3 Å². The van der Waals surface area contributed by atoms with Crippen LogP contribution >= 0.6 is 23.2 Å². The molecule has 0 heterocycles. The first-order valence-corrected chi connectivity index (χ1v) is 8.08. The minimum atomic E-state index is -0.438. The van der Waals surface area contributed by atoms with Crippen LogP contribution in [0, 0.1) is 5.82 Å². The smallest absolute Gasteiger partial charge is 0.238 e. The first-order valence-electron chi connectivity index (χ1n) is 7.32. The van der Waals surface area contributed by atoms with E-state index in [2.05, 4.69) is 10.6 Å². The summed E-state index contributed by atoms with van der Waals surface area (Å²) in [5.74, 6) is -1.10. The summed E-state index contributed by atoms with van der Waals surface area (Å²) in [5, 5.41) is 5.96. The molecular formula is C17H16Cl2FN3O2. The molecule has 0 aromatic heterocycles. The Morgan fingerprint density at radius 3 is 2.12 bits per heavy atom. The summed E-state index contributed by atoms with van der Waals surface area (Å²) in [6.07, 6.45) is 0. The third-order valence-corrected chi connectivity index (χ3v) is 3.88. The summed E-state index contributed by atoms with van der Waals surface area (Å²) in [4.78, 5) is 25.4. The topological polar surface area (TPSA) is 61.4 Å². The van der Waals surface area contributed by atoms with Crippen LogP contribution in [0.25, 0.3) is 0 Å². The van der Waals surface area contributed by atoms with Crippen molar-refractivity contribution in [3.8, 4) is 0 Å². The number of halogens is 3. The van der Waals surface area contributed by atoms with Crippen molar-refractivity contribution in [1.29, 1.82) is 0 Å². The number of carbonyl (C=O) groups is 2. The number of anilines is 2. The summed E-state index contributed by atoms with van der Waals surface area (Å²) in [6.45, 7) is -0.0257. The Morgan fingerprint density at radius 1 is 0.960 bits per heavy atom. The van der Waals surface area contributed by atoms with E-state index in [1.807, 2.05) is 0 Å². The third-order valence-electron chi connectivity index (χ3n) is 3.14. The molecule has 25 heavy (non-hydrogen) atoms. The van der Waals surface area contributed by atoms with E-state index in [4.69, 9.17) is 23.2 Å². The van der Waals surface area contributed by atoms with Gasteiger partial charge in [0.05, 0.1) is 23.1 Å². The van der Waals surface area contributed by atoms with Crippen LogP contribution < -0.4 is 10.6 Å². The highest BCUT2D eigenvalue weighted by atomic mass is 35.5. The van der Waals surface area contributed by atoms with Crippen LogP contribution in [0.2, 0.25) is 10.0 Å². The second-order valence-corrected chi connectivity index (χ2v) is 6.22. The predicted octanol–water partition coefficient (Wildman–Crippen LogP) is 3.64. The van der Waals surface area contributed by atoms with Gasteiger partial charge < -0.3 is 10.6 Å². The molecule has 2 aromatic rings. The Labute approximate surface area is 154 Å². The molecule has 132 valence electrons. The minimum Gasteiger partial charge on any atom is -0.325 e. The van der Waals surface area contributed by atoms with Crippen molar-refractivity contribution in [3.63, 3.8) is 0 Å². The van der Waals surface area contributed by atoms with Gasteiger partial charge in [-0.05, 0) is 43.4 Å². The summed E-state index contributed by atoms with van der Waals surface area (Å²) >= 11 is 11.7. The van der Waals surface area contributed by atoms with E-state index in [9.17, 15) is 14.0 Å². The van der Waals surface area contributed by atoms with Gasteiger partial charge in [0.1, 0.15) is 5.82 Å². The molecule has 0 bridgehead atoms. The second-order valence-electron chi connectivity index (χ2n) is 5.41. The number of hydrogen-bond acceptors (Lipinski definition) is 3. The first-order chi connectivity index (χ1) is 11.8. The Morgan fingerprint density at radius 2 is 1.56 bits per heavy atom. The molecule has 0 fully saturated rings. The average Bonchev–Trinajstić information content (AvgIpc) is 2.50. The molecule has 2 aromatic carbocycles. The molecule has 0 spiro atoms. The van der Waals surface area contributed by atoms with Crippen molar-refractivity contribution < 1.29 is 14.0 Å². The van der Waals surface area contributed by atoms with Crippen molar-refractivity contribution in [3.05, 3.63) is 58.3 Å².